The van der Waals surface area contributed by atoms with E-state index in [0.717, 1.165) is 4.47 Å². The molecule has 0 aliphatic carbocycles. The Morgan fingerprint density at radius 3 is 2.50 bits per heavy atom. The number of nitrogens with zero attached hydrogens (tertiary/aromatic N) is 2. The third kappa shape index (κ3) is 3.73. The first-order valence-electron chi connectivity index (χ1n) is 8.62. The Balaban J connectivity index is 1.79. The van der Waals surface area contributed by atoms with Gasteiger partial charge in [0.1, 0.15) is 11.1 Å². The smallest absolute Gasteiger partial charge is 0.349 e. The van der Waals surface area contributed by atoms with Crippen molar-refractivity contribution in [3.8, 4) is 0 Å². The Hall–Kier alpha value is -3.25. The van der Waals surface area contributed by atoms with Crippen LogP contribution in [0.4, 0.5) is 5.69 Å². The van der Waals surface area contributed by atoms with Gasteiger partial charge in [0, 0.05) is 21.7 Å². The van der Waals surface area contributed by atoms with Crippen molar-refractivity contribution >= 4 is 38.5 Å². The van der Waals surface area contributed by atoms with E-state index in [4.69, 9.17) is 4.42 Å². The maximum Gasteiger partial charge on any atom is 0.349 e. The van der Waals surface area contributed by atoms with E-state index in [1.54, 1.807) is 30.5 Å². The highest BCUT2D eigenvalue weighted by Crippen LogP contribution is 2.23. The van der Waals surface area contributed by atoms with Gasteiger partial charge in [-0.15, -0.1) is 0 Å². The number of pyridine rings is 1. The highest BCUT2D eigenvalue weighted by molar-refractivity contribution is 9.10. The number of benzene rings is 2. The molecule has 1 amide bonds. The number of rotatable bonds is 4. The Labute approximate surface area is 169 Å². The molecule has 0 bridgehead atoms. The second kappa shape index (κ2) is 7.78. The van der Waals surface area contributed by atoms with Crippen molar-refractivity contribution in [1.29, 1.82) is 0 Å². The Morgan fingerprint density at radius 1 is 1.00 bits per heavy atom. The summed E-state index contributed by atoms with van der Waals surface area (Å²) in [5.74, 6) is -0.438. The fraction of sp³-hybridized carbons (Fsp3) is 0.0455. The van der Waals surface area contributed by atoms with E-state index in [9.17, 15) is 9.59 Å². The summed E-state index contributed by atoms with van der Waals surface area (Å²) >= 11 is 3.40. The van der Waals surface area contributed by atoms with Crippen molar-refractivity contribution in [2.45, 2.75) is 6.54 Å². The maximum atomic E-state index is 13.3. The van der Waals surface area contributed by atoms with E-state index in [-0.39, 0.29) is 12.1 Å². The van der Waals surface area contributed by atoms with Crippen molar-refractivity contribution in [2.75, 3.05) is 4.90 Å². The lowest BCUT2D eigenvalue weighted by Gasteiger charge is -2.22. The van der Waals surface area contributed by atoms with E-state index < -0.39 is 11.5 Å². The number of carbonyl (C=O) groups is 1. The third-order valence-corrected chi connectivity index (χ3v) is 4.83. The quantitative estimate of drug-likeness (QED) is 0.432. The molecule has 0 spiro atoms. The van der Waals surface area contributed by atoms with Crippen LogP contribution in [-0.2, 0) is 6.54 Å². The molecule has 28 heavy (non-hydrogen) atoms. The Kier molecular flexibility index (Phi) is 5.04. The minimum absolute atomic E-state index is 0.0162. The summed E-state index contributed by atoms with van der Waals surface area (Å²) in [4.78, 5) is 31.6. The molecule has 2 aromatic heterocycles. The molecule has 0 N–H and O–H groups in total. The monoisotopic (exact) mass is 434 g/mol. The lowest BCUT2D eigenvalue weighted by molar-refractivity contribution is 0.0981. The molecule has 6 heteroatoms. The number of anilines is 1. The Morgan fingerprint density at radius 2 is 1.75 bits per heavy atom. The van der Waals surface area contributed by atoms with Crippen molar-refractivity contribution in [3.63, 3.8) is 0 Å². The zero-order valence-electron chi connectivity index (χ0n) is 14.7. The minimum atomic E-state index is -0.660. The molecule has 138 valence electrons. The minimum Gasteiger partial charge on any atom is -0.422 e. The Bertz CT molecular complexity index is 1190. The topological polar surface area (TPSA) is 63.4 Å². The van der Waals surface area contributed by atoms with Crippen LogP contribution in [-0.4, -0.2) is 10.9 Å². The first-order valence-corrected chi connectivity index (χ1v) is 9.41. The molecule has 0 unspecified atom stereocenters. The van der Waals surface area contributed by atoms with Crippen LogP contribution in [0.25, 0.3) is 11.0 Å². The molecule has 2 aromatic carbocycles. The van der Waals surface area contributed by atoms with E-state index in [0.29, 0.717) is 22.4 Å². The van der Waals surface area contributed by atoms with Crippen LogP contribution < -0.4 is 10.5 Å². The van der Waals surface area contributed by atoms with Crippen LogP contribution in [0, 0.1) is 0 Å². The maximum absolute atomic E-state index is 13.3. The number of carbonyl (C=O) groups excluding carboxylic acids is 1. The summed E-state index contributed by atoms with van der Waals surface area (Å²) in [7, 11) is 0. The van der Waals surface area contributed by atoms with Crippen LogP contribution in [0.15, 0.2) is 92.7 Å². The van der Waals surface area contributed by atoms with Crippen molar-refractivity contribution in [3.05, 3.63) is 105 Å². The molecule has 5 nitrogen and oxygen atoms in total. The highest BCUT2D eigenvalue weighted by atomic mass is 79.9. The van der Waals surface area contributed by atoms with Gasteiger partial charge < -0.3 is 9.32 Å². The molecule has 0 saturated carbocycles. The fourth-order valence-corrected chi connectivity index (χ4v) is 3.18. The molecule has 0 aliphatic heterocycles. The highest BCUT2D eigenvalue weighted by Gasteiger charge is 2.23. The first-order chi connectivity index (χ1) is 13.6. The van der Waals surface area contributed by atoms with Gasteiger partial charge in [-0.05, 0) is 48.5 Å². The largest absolute Gasteiger partial charge is 0.422 e. The van der Waals surface area contributed by atoms with Gasteiger partial charge >= 0.3 is 5.63 Å². The summed E-state index contributed by atoms with van der Waals surface area (Å²) in [5, 5.41) is 0.694. The third-order valence-electron chi connectivity index (χ3n) is 4.30. The standard InChI is InChI=1S/C22H15BrN2O3/c23-16-8-10-18(11-9-16)25(14-17-6-3-4-12-24-17)21(26)19-13-15-5-1-2-7-20(15)28-22(19)27/h1-13H,14H2. The summed E-state index contributed by atoms with van der Waals surface area (Å²) in [6, 6.07) is 21.5. The predicted octanol–water partition coefficient (Wildman–Crippen LogP) is 4.80. The predicted molar refractivity (Wildman–Crippen MR) is 111 cm³/mol. The van der Waals surface area contributed by atoms with Crippen LogP contribution in [0.1, 0.15) is 16.1 Å². The van der Waals surface area contributed by atoms with Crippen LogP contribution in [0.2, 0.25) is 0 Å². The van der Waals surface area contributed by atoms with Gasteiger partial charge in [0.25, 0.3) is 5.91 Å². The van der Waals surface area contributed by atoms with Crippen molar-refractivity contribution < 1.29 is 9.21 Å². The van der Waals surface area contributed by atoms with Gasteiger partial charge in [-0.1, -0.05) is 40.2 Å². The number of aromatic nitrogens is 1. The van der Waals surface area contributed by atoms with Gasteiger partial charge in [-0.25, -0.2) is 4.79 Å². The average molecular weight is 435 g/mol. The molecule has 0 saturated heterocycles. The molecule has 0 aliphatic rings. The number of amides is 1. The van der Waals surface area contributed by atoms with Gasteiger partial charge in [-0.2, -0.15) is 0 Å². The van der Waals surface area contributed by atoms with Crippen LogP contribution >= 0.6 is 15.9 Å². The number of para-hydroxylation sites is 1. The van der Waals surface area contributed by atoms with Crippen LogP contribution in [0.5, 0.6) is 0 Å². The molecule has 0 fully saturated rings. The van der Waals surface area contributed by atoms with E-state index in [2.05, 4.69) is 20.9 Å². The zero-order chi connectivity index (χ0) is 19.5. The molecule has 4 rings (SSSR count). The van der Waals surface area contributed by atoms with Crippen molar-refractivity contribution in [2.24, 2.45) is 0 Å². The zero-order valence-corrected chi connectivity index (χ0v) is 16.3. The molecule has 0 radical (unpaired) electrons. The lowest BCUT2D eigenvalue weighted by atomic mass is 10.1. The summed E-state index contributed by atoms with van der Waals surface area (Å²) < 4.78 is 6.24. The molecule has 0 atom stereocenters. The average Bonchev–Trinajstić information content (AvgIpc) is 2.72. The second-order valence-electron chi connectivity index (χ2n) is 6.17. The molecule has 4 aromatic rings. The number of hydrogen-bond acceptors (Lipinski definition) is 4. The van der Waals surface area contributed by atoms with E-state index >= 15 is 0 Å². The van der Waals surface area contributed by atoms with Crippen molar-refractivity contribution in [1.82, 2.24) is 4.98 Å². The number of fused-ring (bicyclic) bond motifs is 1. The number of hydrogen-bond donors (Lipinski definition) is 0. The van der Waals surface area contributed by atoms with E-state index in [1.807, 2.05) is 48.5 Å². The van der Waals surface area contributed by atoms with Crippen LogP contribution in [0.3, 0.4) is 0 Å². The SMILES string of the molecule is O=C(c1cc2ccccc2oc1=O)N(Cc1ccccn1)c1ccc(Br)cc1. The summed E-state index contributed by atoms with van der Waals surface area (Å²) in [6.45, 7) is 0.230. The van der Waals surface area contributed by atoms with E-state index in [1.165, 1.54) is 4.90 Å². The second-order valence-corrected chi connectivity index (χ2v) is 7.09. The van der Waals surface area contributed by atoms with Gasteiger partial charge in [0.2, 0.25) is 0 Å². The first kappa shape index (κ1) is 18.1. The lowest BCUT2D eigenvalue weighted by Crippen LogP contribution is -2.34. The summed E-state index contributed by atoms with van der Waals surface area (Å²) in [6.07, 6.45) is 1.67. The molecular formula is C22H15BrN2O3. The van der Waals surface area contributed by atoms with Gasteiger partial charge in [-0.3, -0.25) is 9.78 Å². The fourth-order valence-electron chi connectivity index (χ4n) is 2.91. The van der Waals surface area contributed by atoms with Gasteiger partial charge in [0.15, 0.2) is 0 Å². The van der Waals surface area contributed by atoms with Gasteiger partial charge in [0.05, 0.1) is 12.2 Å². The normalized spacial score (nSPS) is 10.8. The number of halogens is 1. The summed E-state index contributed by atoms with van der Waals surface area (Å²) in [5.41, 5.74) is 1.14. The molecular weight excluding hydrogens is 420 g/mol. The molecule has 2 heterocycles.